The predicted octanol–water partition coefficient (Wildman–Crippen LogP) is 3.38. The second kappa shape index (κ2) is 6.53. The Kier molecular flexibility index (Phi) is 5.00. The van der Waals surface area contributed by atoms with Crippen LogP contribution in [0.15, 0.2) is 18.2 Å². The van der Waals surface area contributed by atoms with Gasteiger partial charge in [-0.2, -0.15) is 0 Å². The lowest BCUT2D eigenvalue weighted by atomic mass is 9.89. The van der Waals surface area contributed by atoms with Crippen LogP contribution in [0.25, 0.3) is 0 Å². The minimum absolute atomic E-state index is 0.238. The van der Waals surface area contributed by atoms with Gasteiger partial charge in [-0.3, -0.25) is 0 Å². The molecule has 2 N–H and O–H groups in total. The molecular weight excluding hydrogens is 234 g/mol. The molecule has 0 radical (unpaired) electrons. The second-order valence-corrected chi connectivity index (χ2v) is 6.11. The molecule has 0 aliphatic heterocycles. The average Bonchev–Trinajstić information content (AvgIpc) is 2.37. The lowest BCUT2D eigenvalue weighted by molar-refractivity contribution is 0.168. The summed E-state index contributed by atoms with van der Waals surface area (Å²) in [6.45, 7) is 6.20. The maximum atomic E-state index is 9.42. The van der Waals surface area contributed by atoms with E-state index in [2.05, 4.69) is 37.4 Å². The van der Waals surface area contributed by atoms with Crippen molar-refractivity contribution in [1.29, 1.82) is 0 Å². The van der Waals surface area contributed by atoms with E-state index in [0.717, 1.165) is 6.42 Å². The van der Waals surface area contributed by atoms with Crippen LogP contribution in [0.2, 0.25) is 0 Å². The summed E-state index contributed by atoms with van der Waals surface area (Å²) in [5.41, 5.74) is 4.46. The monoisotopic (exact) mass is 261 g/mol. The van der Waals surface area contributed by atoms with Gasteiger partial charge in [-0.1, -0.05) is 18.2 Å². The van der Waals surface area contributed by atoms with E-state index in [1.807, 2.05) is 6.92 Å². The Morgan fingerprint density at radius 3 is 2.47 bits per heavy atom. The molecule has 2 heteroatoms. The number of nitrogens with one attached hydrogen (secondary N) is 1. The van der Waals surface area contributed by atoms with Crippen LogP contribution in [0.4, 0.5) is 0 Å². The van der Waals surface area contributed by atoms with Crippen molar-refractivity contribution in [1.82, 2.24) is 5.32 Å². The Hall–Kier alpha value is -0.860. The largest absolute Gasteiger partial charge is 0.393 e. The number of hydrogen-bond donors (Lipinski definition) is 2. The number of hydrogen-bond acceptors (Lipinski definition) is 2. The van der Waals surface area contributed by atoms with Gasteiger partial charge in [-0.25, -0.2) is 0 Å². The van der Waals surface area contributed by atoms with Crippen molar-refractivity contribution >= 4 is 0 Å². The van der Waals surface area contributed by atoms with Gasteiger partial charge in [-0.15, -0.1) is 0 Å². The molecule has 1 aliphatic carbocycles. The van der Waals surface area contributed by atoms with Crippen molar-refractivity contribution in [2.45, 2.75) is 71.1 Å². The van der Waals surface area contributed by atoms with E-state index in [-0.39, 0.29) is 6.10 Å². The maximum absolute atomic E-state index is 9.42. The fourth-order valence-corrected chi connectivity index (χ4v) is 3.13. The van der Waals surface area contributed by atoms with E-state index in [4.69, 9.17) is 0 Å². The van der Waals surface area contributed by atoms with Crippen molar-refractivity contribution < 1.29 is 5.11 Å². The molecule has 0 bridgehead atoms. The van der Waals surface area contributed by atoms with Gasteiger partial charge in [0.05, 0.1) is 6.10 Å². The molecule has 1 aliphatic rings. The zero-order chi connectivity index (χ0) is 13.8. The first-order valence-corrected chi connectivity index (χ1v) is 7.62. The fourth-order valence-electron chi connectivity index (χ4n) is 3.13. The molecule has 0 saturated heterocycles. The molecule has 0 aromatic heterocycles. The Morgan fingerprint density at radius 1 is 1.11 bits per heavy atom. The first-order chi connectivity index (χ1) is 9.06. The SMILES string of the molecule is CC(O)CC(C)NC(C)c1ccc2c(c1)CCCC2. The minimum atomic E-state index is -0.238. The highest BCUT2D eigenvalue weighted by molar-refractivity contribution is 5.35. The van der Waals surface area contributed by atoms with Gasteiger partial charge >= 0.3 is 0 Å². The molecule has 0 heterocycles. The summed E-state index contributed by atoms with van der Waals surface area (Å²) < 4.78 is 0. The molecule has 2 rings (SSSR count). The van der Waals surface area contributed by atoms with Crippen LogP contribution in [0.3, 0.4) is 0 Å². The molecule has 0 spiro atoms. The first-order valence-electron chi connectivity index (χ1n) is 7.62. The lowest BCUT2D eigenvalue weighted by Gasteiger charge is -2.23. The number of benzene rings is 1. The van der Waals surface area contributed by atoms with Gasteiger partial charge in [0.15, 0.2) is 0 Å². The van der Waals surface area contributed by atoms with Crippen molar-refractivity contribution in [2.75, 3.05) is 0 Å². The molecule has 1 aromatic carbocycles. The van der Waals surface area contributed by atoms with Crippen LogP contribution < -0.4 is 5.32 Å². The number of fused-ring (bicyclic) bond motifs is 1. The Morgan fingerprint density at radius 2 is 1.79 bits per heavy atom. The van der Waals surface area contributed by atoms with Crippen molar-refractivity contribution in [3.05, 3.63) is 34.9 Å². The van der Waals surface area contributed by atoms with E-state index in [0.29, 0.717) is 12.1 Å². The zero-order valence-electron chi connectivity index (χ0n) is 12.4. The topological polar surface area (TPSA) is 32.3 Å². The third-order valence-electron chi connectivity index (χ3n) is 4.10. The summed E-state index contributed by atoms with van der Waals surface area (Å²) in [7, 11) is 0. The summed E-state index contributed by atoms with van der Waals surface area (Å²) >= 11 is 0. The fraction of sp³-hybridized carbons (Fsp3) is 0.647. The van der Waals surface area contributed by atoms with E-state index < -0.39 is 0 Å². The van der Waals surface area contributed by atoms with Crippen LogP contribution >= 0.6 is 0 Å². The summed E-state index contributed by atoms with van der Waals surface area (Å²) in [6.07, 6.45) is 5.71. The van der Waals surface area contributed by atoms with Gasteiger partial charge < -0.3 is 10.4 Å². The highest BCUT2D eigenvalue weighted by Gasteiger charge is 2.14. The Balaban J connectivity index is 2.00. The molecule has 0 saturated carbocycles. The summed E-state index contributed by atoms with van der Waals surface area (Å²) in [5.74, 6) is 0. The molecule has 3 atom stereocenters. The Labute approximate surface area is 117 Å². The van der Waals surface area contributed by atoms with Gasteiger partial charge in [0.1, 0.15) is 0 Å². The first kappa shape index (κ1) is 14.5. The quantitative estimate of drug-likeness (QED) is 0.851. The van der Waals surface area contributed by atoms with Crippen LogP contribution in [0.1, 0.15) is 62.8 Å². The molecule has 19 heavy (non-hydrogen) atoms. The average molecular weight is 261 g/mol. The number of aliphatic hydroxyl groups is 1. The number of rotatable bonds is 5. The summed E-state index contributed by atoms with van der Waals surface area (Å²) in [5, 5.41) is 13.0. The molecule has 0 fully saturated rings. The molecular formula is C17H27NO. The normalized spacial score (nSPS) is 19.6. The van der Waals surface area contributed by atoms with Gasteiger partial charge in [0, 0.05) is 12.1 Å². The highest BCUT2D eigenvalue weighted by Crippen LogP contribution is 2.25. The zero-order valence-corrected chi connectivity index (χ0v) is 12.4. The predicted molar refractivity (Wildman–Crippen MR) is 80.4 cm³/mol. The van der Waals surface area contributed by atoms with Crippen molar-refractivity contribution in [2.24, 2.45) is 0 Å². The summed E-state index contributed by atoms with van der Waals surface area (Å²) in [4.78, 5) is 0. The van der Waals surface area contributed by atoms with E-state index in [1.54, 1.807) is 11.1 Å². The maximum Gasteiger partial charge on any atom is 0.0526 e. The van der Waals surface area contributed by atoms with Crippen molar-refractivity contribution in [3.8, 4) is 0 Å². The highest BCUT2D eigenvalue weighted by atomic mass is 16.3. The molecule has 2 nitrogen and oxygen atoms in total. The third-order valence-corrected chi connectivity index (χ3v) is 4.10. The van der Waals surface area contributed by atoms with Gasteiger partial charge in [0.2, 0.25) is 0 Å². The Bertz CT molecular complexity index is 414. The second-order valence-electron chi connectivity index (χ2n) is 6.11. The summed E-state index contributed by atoms with van der Waals surface area (Å²) in [6, 6.07) is 7.63. The van der Waals surface area contributed by atoms with Crippen LogP contribution in [0, 0.1) is 0 Å². The van der Waals surface area contributed by atoms with E-state index >= 15 is 0 Å². The van der Waals surface area contributed by atoms with Gasteiger partial charge in [-0.05, 0) is 69.6 Å². The van der Waals surface area contributed by atoms with Crippen LogP contribution in [0.5, 0.6) is 0 Å². The van der Waals surface area contributed by atoms with Crippen LogP contribution in [-0.2, 0) is 12.8 Å². The number of aryl methyl sites for hydroxylation is 2. The van der Waals surface area contributed by atoms with Crippen molar-refractivity contribution in [3.63, 3.8) is 0 Å². The van der Waals surface area contributed by atoms with Crippen LogP contribution in [-0.4, -0.2) is 17.3 Å². The molecule has 1 aromatic rings. The smallest absolute Gasteiger partial charge is 0.0526 e. The lowest BCUT2D eigenvalue weighted by Crippen LogP contribution is -2.31. The number of aliphatic hydroxyl groups excluding tert-OH is 1. The van der Waals surface area contributed by atoms with Gasteiger partial charge in [0.25, 0.3) is 0 Å². The van der Waals surface area contributed by atoms with E-state index in [1.165, 1.54) is 31.2 Å². The molecule has 0 amide bonds. The molecule has 3 unspecified atom stereocenters. The standard InChI is InChI=1S/C17H27NO/c1-12(10-13(2)19)18-14(3)16-9-8-15-6-4-5-7-17(15)11-16/h8-9,11-14,18-19H,4-7,10H2,1-3H3. The molecule has 106 valence electrons. The minimum Gasteiger partial charge on any atom is -0.393 e. The van der Waals surface area contributed by atoms with E-state index in [9.17, 15) is 5.11 Å². The third kappa shape index (κ3) is 4.05.